The van der Waals surface area contributed by atoms with Crippen LogP contribution in [-0.2, 0) is 14.3 Å². The molecule has 0 fully saturated rings. The third-order valence-electron chi connectivity index (χ3n) is 2.79. The second kappa shape index (κ2) is 7.97. The summed E-state index contributed by atoms with van der Waals surface area (Å²) in [6, 6.07) is 5.65. The predicted octanol–water partition coefficient (Wildman–Crippen LogP) is 1.88. The second-order valence-corrected chi connectivity index (χ2v) is 4.97. The highest BCUT2D eigenvalue weighted by Gasteiger charge is 2.22. The second-order valence-electron chi connectivity index (χ2n) is 4.97. The van der Waals surface area contributed by atoms with E-state index in [2.05, 4.69) is 21.9 Å². The van der Waals surface area contributed by atoms with Gasteiger partial charge >= 0.3 is 5.97 Å². The molecule has 0 saturated carbocycles. The van der Waals surface area contributed by atoms with E-state index in [9.17, 15) is 14.4 Å². The standard InChI is InChI=1S/C16H20N2O4/c1-10(2)8-14(16(21)22-4)18-15(20)12-6-5-7-13(9-12)17-11(3)19/h5-7,9,14H,1,8H2,2-4H3,(H,17,19)(H,18,20)/t14-/m1/s1. The largest absolute Gasteiger partial charge is 0.467 e. The van der Waals surface area contributed by atoms with Gasteiger partial charge < -0.3 is 15.4 Å². The van der Waals surface area contributed by atoms with E-state index >= 15 is 0 Å². The lowest BCUT2D eigenvalue weighted by Crippen LogP contribution is -2.41. The minimum absolute atomic E-state index is 0.229. The van der Waals surface area contributed by atoms with Gasteiger partial charge in [-0.1, -0.05) is 11.6 Å². The maximum Gasteiger partial charge on any atom is 0.328 e. The first-order valence-electron chi connectivity index (χ1n) is 6.74. The van der Waals surface area contributed by atoms with Gasteiger partial charge in [-0.15, -0.1) is 6.58 Å². The number of nitrogens with one attached hydrogen (secondary N) is 2. The Balaban J connectivity index is 2.87. The predicted molar refractivity (Wildman–Crippen MR) is 83.4 cm³/mol. The van der Waals surface area contributed by atoms with Crippen LogP contribution in [0.4, 0.5) is 5.69 Å². The molecular formula is C16H20N2O4. The molecule has 0 heterocycles. The Hall–Kier alpha value is -2.63. The number of esters is 1. The number of anilines is 1. The van der Waals surface area contributed by atoms with E-state index in [1.165, 1.54) is 20.1 Å². The highest BCUT2D eigenvalue weighted by Crippen LogP contribution is 2.12. The van der Waals surface area contributed by atoms with Crippen molar-refractivity contribution in [3.63, 3.8) is 0 Å². The van der Waals surface area contributed by atoms with Crippen molar-refractivity contribution in [3.8, 4) is 0 Å². The van der Waals surface area contributed by atoms with Crippen LogP contribution >= 0.6 is 0 Å². The molecule has 0 unspecified atom stereocenters. The molecule has 0 bridgehead atoms. The third-order valence-corrected chi connectivity index (χ3v) is 2.79. The van der Waals surface area contributed by atoms with E-state index in [4.69, 9.17) is 0 Å². The van der Waals surface area contributed by atoms with Crippen LogP contribution in [0.25, 0.3) is 0 Å². The normalized spacial score (nSPS) is 11.2. The number of ether oxygens (including phenoxy) is 1. The Morgan fingerprint density at radius 1 is 1.27 bits per heavy atom. The summed E-state index contributed by atoms with van der Waals surface area (Å²) in [5.74, 6) is -1.19. The lowest BCUT2D eigenvalue weighted by atomic mass is 10.1. The number of carbonyl (C=O) groups is 3. The Morgan fingerprint density at radius 2 is 1.95 bits per heavy atom. The molecule has 0 aliphatic rings. The van der Waals surface area contributed by atoms with Crippen molar-refractivity contribution in [1.29, 1.82) is 0 Å². The molecule has 0 saturated heterocycles. The number of methoxy groups -OCH3 is 1. The van der Waals surface area contributed by atoms with Gasteiger partial charge in [0.05, 0.1) is 7.11 Å². The Morgan fingerprint density at radius 3 is 2.50 bits per heavy atom. The molecule has 1 atom stereocenters. The van der Waals surface area contributed by atoms with Gasteiger partial charge in [-0.3, -0.25) is 9.59 Å². The van der Waals surface area contributed by atoms with Gasteiger partial charge in [0.1, 0.15) is 6.04 Å². The first kappa shape index (κ1) is 17.4. The summed E-state index contributed by atoms with van der Waals surface area (Å²) >= 11 is 0. The van der Waals surface area contributed by atoms with Gasteiger partial charge in [0, 0.05) is 18.2 Å². The zero-order chi connectivity index (χ0) is 16.7. The lowest BCUT2D eigenvalue weighted by Gasteiger charge is -2.16. The number of rotatable bonds is 6. The minimum Gasteiger partial charge on any atom is -0.467 e. The van der Waals surface area contributed by atoms with Crippen molar-refractivity contribution in [3.05, 3.63) is 42.0 Å². The van der Waals surface area contributed by atoms with Crippen LogP contribution in [0, 0.1) is 0 Å². The third kappa shape index (κ3) is 5.40. The van der Waals surface area contributed by atoms with Crippen molar-refractivity contribution < 1.29 is 19.1 Å². The quantitative estimate of drug-likeness (QED) is 0.621. The van der Waals surface area contributed by atoms with E-state index in [0.717, 1.165) is 5.57 Å². The summed E-state index contributed by atoms with van der Waals surface area (Å²) in [5, 5.41) is 5.20. The topological polar surface area (TPSA) is 84.5 Å². The highest BCUT2D eigenvalue weighted by atomic mass is 16.5. The maximum atomic E-state index is 12.2. The number of carbonyl (C=O) groups excluding carboxylic acids is 3. The van der Waals surface area contributed by atoms with Crippen LogP contribution < -0.4 is 10.6 Å². The first-order chi connectivity index (χ1) is 10.3. The Kier molecular flexibility index (Phi) is 6.31. The number of hydrogen-bond donors (Lipinski definition) is 2. The summed E-state index contributed by atoms with van der Waals surface area (Å²) in [7, 11) is 1.26. The fourth-order valence-electron chi connectivity index (χ4n) is 1.87. The summed E-state index contributed by atoms with van der Waals surface area (Å²) in [6.07, 6.45) is 0.295. The molecule has 2 N–H and O–H groups in total. The molecule has 6 heteroatoms. The molecule has 0 aliphatic heterocycles. The molecule has 0 aromatic heterocycles. The summed E-state index contributed by atoms with van der Waals surface area (Å²) in [6.45, 7) is 6.88. The van der Waals surface area contributed by atoms with E-state index < -0.39 is 17.9 Å². The van der Waals surface area contributed by atoms with Crippen molar-refractivity contribution >= 4 is 23.5 Å². The van der Waals surface area contributed by atoms with Crippen LogP contribution in [0.2, 0.25) is 0 Å². The molecule has 0 spiro atoms. The van der Waals surface area contributed by atoms with Crippen LogP contribution in [0.1, 0.15) is 30.6 Å². The molecule has 1 aromatic rings. The highest BCUT2D eigenvalue weighted by molar-refractivity contribution is 5.98. The van der Waals surface area contributed by atoms with Crippen molar-refractivity contribution in [2.75, 3.05) is 12.4 Å². The van der Waals surface area contributed by atoms with Gasteiger partial charge in [-0.05, 0) is 31.5 Å². The molecule has 0 radical (unpaired) electrons. The fraction of sp³-hybridized carbons (Fsp3) is 0.312. The average molecular weight is 304 g/mol. The molecule has 1 rings (SSSR count). The summed E-state index contributed by atoms with van der Waals surface area (Å²) in [5.41, 5.74) is 1.60. The average Bonchev–Trinajstić information content (AvgIpc) is 2.44. The van der Waals surface area contributed by atoms with Crippen LogP contribution in [0.3, 0.4) is 0 Å². The van der Waals surface area contributed by atoms with Crippen molar-refractivity contribution in [1.82, 2.24) is 5.32 Å². The minimum atomic E-state index is -0.792. The van der Waals surface area contributed by atoms with Crippen molar-refractivity contribution in [2.24, 2.45) is 0 Å². The smallest absolute Gasteiger partial charge is 0.328 e. The van der Waals surface area contributed by atoms with Gasteiger partial charge in [-0.25, -0.2) is 4.79 Å². The zero-order valence-corrected chi connectivity index (χ0v) is 12.9. The molecule has 22 heavy (non-hydrogen) atoms. The van der Waals surface area contributed by atoms with E-state index in [-0.39, 0.29) is 5.91 Å². The number of benzene rings is 1. The Labute approximate surface area is 129 Å². The van der Waals surface area contributed by atoms with E-state index in [1.54, 1.807) is 25.1 Å². The van der Waals surface area contributed by atoms with Gasteiger partial charge in [0.2, 0.25) is 5.91 Å². The molecule has 118 valence electrons. The molecule has 6 nitrogen and oxygen atoms in total. The summed E-state index contributed by atoms with van der Waals surface area (Å²) < 4.78 is 4.67. The van der Waals surface area contributed by atoms with Gasteiger partial charge in [0.15, 0.2) is 0 Å². The first-order valence-corrected chi connectivity index (χ1v) is 6.74. The lowest BCUT2D eigenvalue weighted by molar-refractivity contribution is -0.142. The van der Waals surface area contributed by atoms with Gasteiger partial charge in [-0.2, -0.15) is 0 Å². The van der Waals surface area contributed by atoms with E-state index in [1.807, 2.05) is 0 Å². The maximum absolute atomic E-state index is 12.2. The summed E-state index contributed by atoms with van der Waals surface area (Å²) in [4.78, 5) is 35.0. The molecule has 2 amide bonds. The fourth-order valence-corrected chi connectivity index (χ4v) is 1.87. The number of amides is 2. The molecule has 0 aliphatic carbocycles. The van der Waals surface area contributed by atoms with Gasteiger partial charge in [0.25, 0.3) is 5.91 Å². The zero-order valence-electron chi connectivity index (χ0n) is 12.9. The van der Waals surface area contributed by atoms with Crippen LogP contribution in [-0.4, -0.2) is 30.9 Å². The SMILES string of the molecule is C=C(C)C[C@@H](NC(=O)c1cccc(NC(C)=O)c1)C(=O)OC. The van der Waals surface area contributed by atoms with E-state index in [0.29, 0.717) is 17.7 Å². The Bertz CT molecular complexity index is 596. The van der Waals surface area contributed by atoms with Crippen LogP contribution in [0.5, 0.6) is 0 Å². The van der Waals surface area contributed by atoms with Crippen LogP contribution in [0.15, 0.2) is 36.4 Å². The van der Waals surface area contributed by atoms with Crippen molar-refractivity contribution in [2.45, 2.75) is 26.3 Å². The molecule has 1 aromatic carbocycles. The molecular weight excluding hydrogens is 284 g/mol. The number of hydrogen-bond acceptors (Lipinski definition) is 4. The monoisotopic (exact) mass is 304 g/mol.